The maximum atomic E-state index is 11.4. The molecule has 3 rings (SSSR count). The summed E-state index contributed by atoms with van der Waals surface area (Å²) < 4.78 is 0. The van der Waals surface area contributed by atoms with Crippen molar-refractivity contribution in [1.82, 2.24) is 5.32 Å². The van der Waals surface area contributed by atoms with E-state index in [0.717, 1.165) is 6.42 Å². The summed E-state index contributed by atoms with van der Waals surface area (Å²) in [6.07, 6.45) is 0.912. The highest BCUT2D eigenvalue weighted by Gasteiger charge is 2.33. The van der Waals surface area contributed by atoms with Crippen LogP contribution in [0.5, 0.6) is 0 Å². The first-order valence-corrected chi connectivity index (χ1v) is 6.65. The molecule has 1 aliphatic rings. The molecule has 0 bridgehead atoms. The Morgan fingerprint density at radius 3 is 2.47 bits per heavy atom. The van der Waals surface area contributed by atoms with Gasteiger partial charge in [0.15, 0.2) is 0 Å². The first-order chi connectivity index (χ1) is 9.25. The van der Waals surface area contributed by atoms with Crippen molar-refractivity contribution in [2.24, 2.45) is 0 Å². The van der Waals surface area contributed by atoms with E-state index in [1.165, 1.54) is 16.7 Å². The van der Waals surface area contributed by atoms with E-state index in [-0.39, 0.29) is 17.9 Å². The third kappa shape index (κ3) is 2.26. The number of hydrogen-bond acceptors (Lipinski definition) is 1. The Morgan fingerprint density at radius 1 is 1.05 bits per heavy atom. The van der Waals surface area contributed by atoms with Gasteiger partial charge < -0.3 is 5.32 Å². The molecule has 1 N–H and O–H groups in total. The summed E-state index contributed by atoms with van der Waals surface area (Å²) in [5.41, 5.74) is 3.95. The number of amides is 1. The smallest absolute Gasteiger partial charge is 0.217 e. The molecule has 96 valence electrons. The summed E-state index contributed by atoms with van der Waals surface area (Å²) in [4.78, 5) is 11.4. The van der Waals surface area contributed by atoms with Gasteiger partial charge in [0.05, 0.1) is 0 Å². The fraction of sp³-hybridized carbons (Fsp3) is 0.235. The van der Waals surface area contributed by atoms with Crippen molar-refractivity contribution in [3.63, 3.8) is 0 Å². The first-order valence-electron chi connectivity index (χ1n) is 6.65. The van der Waals surface area contributed by atoms with Gasteiger partial charge in [0, 0.05) is 18.9 Å². The number of rotatable bonds is 2. The number of benzene rings is 2. The molecule has 0 aromatic heterocycles. The zero-order valence-corrected chi connectivity index (χ0v) is 11.0. The molecule has 19 heavy (non-hydrogen) atoms. The van der Waals surface area contributed by atoms with E-state index >= 15 is 0 Å². The maximum absolute atomic E-state index is 11.4. The number of fused-ring (bicyclic) bond motifs is 1. The summed E-state index contributed by atoms with van der Waals surface area (Å²) >= 11 is 0. The van der Waals surface area contributed by atoms with Crippen LogP contribution >= 0.6 is 0 Å². The Kier molecular flexibility index (Phi) is 3.08. The van der Waals surface area contributed by atoms with E-state index in [1.807, 2.05) is 6.07 Å². The van der Waals surface area contributed by atoms with E-state index in [4.69, 9.17) is 0 Å². The van der Waals surface area contributed by atoms with Gasteiger partial charge in [0.2, 0.25) is 5.91 Å². The lowest BCUT2D eigenvalue weighted by Gasteiger charge is -2.21. The second-order valence-electron chi connectivity index (χ2n) is 5.10. The molecule has 0 saturated heterocycles. The van der Waals surface area contributed by atoms with Crippen LogP contribution in [0.4, 0.5) is 0 Å². The number of carbonyl (C=O) groups excluding carboxylic acids is 1. The van der Waals surface area contributed by atoms with E-state index in [0.29, 0.717) is 0 Å². The summed E-state index contributed by atoms with van der Waals surface area (Å²) in [6, 6.07) is 19.1. The molecule has 2 aromatic carbocycles. The number of hydrogen-bond donors (Lipinski definition) is 1. The summed E-state index contributed by atoms with van der Waals surface area (Å²) in [5.74, 6) is 0.306. The van der Waals surface area contributed by atoms with Crippen LogP contribution in [0.1, 0.15) is 29.5 Å². The van der Waals surface area contributed by atoms with Crippen LogP contribution in [-0.4, -0.2) is 11.9 Å². The molecule has 2 unspecified atom stereocenters. The second-order valence-corrected chi connectivity index (χ2v) is 5.10. The van der Waals surface area contributed by atoms with Gasteiger partial charge in [-0.3, -0.25) is 4.79 Å². The van der Waals surface area contributed by atoms with Crippen LogP contribution in [0.3, 0.4) is 0 Å². The molecule has 0 spiro atoms. The molecular weight excluding hydrogens is 234 g/mol. The summed E-state index contributed by atoms with van der Waals surface area (Å²) in [6.45, 7) is 1.59. The molecule has 1 aliphatic carbocycles. The van der Waals surface area contributed by atoms with Crippen molar-refractivity contribution in [1.29, 1.82) is 0 Å². The van der Waals surface area contributed by atoms with Crippen molar-refractivity contribution < 1.29 is 4.79 Å². The SMILES string of the molecule is CC(=O)NC1Cc2ccccc2C1c1ccccc1. The Balaban J connectivity index is 2.03. The molecule has 0 radical (unpaired) electrons. The van der Waals surface area contributed by atoms with Crippen molar-refractivity contribution in [3.05, 3.63) is 71.3 Å². The number of carbonyl (C=O) groups is 1. The zero-order chi connectivity index (χ0) is 13.2. The minimum absolute atomic E-state index is 0.0405. The lowest BCUT2D eigenvalue weighted by Crippen LogP contribution is -2.36. The highest BCUT2D eigenvalue weighted by atomic mass is 16.1. The minimum Gasteiger partial charge on any atom is -0.352 e. The van der Waals surface area contributed by atoms with E-state index in [9.17, 15) is 4.79 Å². The highest BCUT2D eigenvalue weighted by Crippen LogP contribution is 2.38. The molecule has 1 amide bonds. The van der Waals surface area contributed by atoms with Crippen LogP contribution in [0.2, 0.25) is 0 Å². The molecule has 0 saturated carbocycles. The Bertz CT molecular complexity index is 591. The van der Waals surface area contributed by atoms with Gasteiger partial charge in [-0.2, -0.15) is 0 Å². The monoisotopic (exact) mass is 251 g/mol. The van der Waals surface area contributed by atoms with Gasteiger partial charge >= 0.3 is 0 Å². The molecule has 0 fully saturated rings. The Labute approximate surface area is 113 Å². The van der Waals surface area contributed by atoms with Gasteiger partial charge in [0.1, 0.15) is 0 Å². The molecule has 2 atom stereocenters. The Morgan fingerprint density at radius 2 is 1.74 bits per heavy atom. The van der Waals surface area contributed by atoms with Gasteiger partial charge in [0.25, 0.3) is 0 Å². The largest absolute Gasteiger partial charge is 0.352 e. The average molecular weight is 251 g/mol. The van der Waals surface area contributed by atoms with Crippen molar-refractivity contribution in [3.8, 4) is 0 Å². The summed E-state index contributed by atoms with van der Waals surface area (Å²) in [5, 5.41) is 3.10. The third-order valence-corrected chi connectivity index (χ3v) is 3.78. The van der Waals surface area contributed by atoms with E-state index in [2.05, 4.69) is 53.8 Å². The van der Waals surface area contributed by atoms with Crippen molar-refractivity contribution in [2.75, 3.05) is 0 Å². The minimum atomic E-state index is 0.0405. The van der Waals surface area contributed by atoms with Crippen LogP contribution in [0.25, 0.3) is 0 Å². The molecule has 2 aromatic rings. The quantitative estimate of drug-likeness (QED) is 0.873. The molecular formula is C17H17NO. The average Bonchev–Trinajstić information content (AvgIpc) is 2.76. The molecule has 0 aliphatic heterocycles. The zero-order valence-electron chi connectivity index (χ0n) is 11.0. The Hall–Kier alpha value is -2.09. The van der Waals surface area contributed by atoms with E-state index in [1.54, 1.807) is 6.92 Å². The van der Waals surface area contributed by atoms with Crippen LogP contribution < -0.4 is 5.32 Å². The molecule has 0 heterocycles. The number of nitrogens with one attached hydrogen (secondary N) is 1. The predicted molar refractivity (Wildman–Crippen MR) is 76.0 cm³/mol. The second kappa shape index (κ2) is 4.88. The van der Waals surface area contributed by atoms with Crippen LogP contribution in [0.15, 0.2) is 54.6 Å². The predicted octanol–water partition coefficient (Wildman–Crippen LogP) is 2.88. The molecule has 2 heteroatoms. The highest BCUT2D eigenvalue weighted by molar-refractivity contribution is 5.74. The standard InChI is InChI=1S/C17H17NO/c1-12(19)18-16-11-14-9-5-6-10-15(14)17(16)13-7-3-2-4-8-13/h2-10,16-17H,11H2,1H3,(H,18,19). The topological polar surface area (TPSA) is 29.1 Å². The molecule has 2 nitrogen and oxygen atoms in total. The van der Waals surface area contributed by atoms with E-state index < -0.39 is 0 Å². The van der Waals surface area contributed by atoms with Gasteiger partial charge in [-0.25, -0.2) is 0 Å². The lowest BCUT2D eigenvalue weighted by atomic mass is 9.90. The fourth-order valence-corrected chi connectivity index (χ4v) is 3.06. The van der Waals surface area contributed by atoms with Crippen LogP contribution in [-0.2, 0) is 11.2 Å². The third-order valence-electron chi connectivity index (χ3n) is 3.78. The maximum Gasteiger partial charge on any atom is 0.217 e. The normalized spacial score (nSPS) is 20.9. The van der Waals surface area contributed by atoms with Crippen LogP contribution in [0, 0.1) is 0 Å². The van der Waals surface area contributed by atoms with Gasteiger partial charge in [-0.1, -0.05) is 54.6 Å². The summed E-state index contributed by atoms with van der Waals surface area (Å²) in [7, 11) is 0. The van der Waals surface area contributed by atoms with Gasteiger partial charge in [-0.05, 0) is 23.1 Å². The van der Waals surface area contributed by atoms with Gasteiger partial charge in [-0.15, -0.1) is 0 Å². The fourth-order valence-electron chi connectivity index (χ4n) is 3.06. The van der Waals surface area contributed by atoms with Crippen molar-refractivity contribution in [2.45, 2.75) is 25.3 Å². The van der Waals surface area contributed by atoms with Crippen molar-refractivity contribution >= 4 is 5.91 Å². The lowest BCUT2D eigenvalue weighted by molar-refractivity contribution is -0.119. The first kappa shape index (κ1) is 12.0.